The molecule has 0 fully saturated rings. The van der Waals surface area contributed by atoms with E-state index >= 15 is 0 Å². The zero-order valence-electron chi connectivity index (χ0n) is 8.77. The van der Waals surface area contributed by atoms with Crippen molar-refractivity contribution in [3.05, 3.63) is 33.1 Å². The number of aromatic nitrogens is 3. The summed E-state index contributed by atoms with van der Waals surface area (Å²) in [7, 11) is 0. The van der Waals surface area contributed by atoms with Gasteiger partial charge in [0.05, 0.1) is 9.48 Å². The molecule has 0 atom stereocenters. The standard InChI is InChI=1S/C10H11BrN4S/c1-7-5-16-9(15-7)2-3-13-10-8(11)4-12-6-14-10/h4-6H,2-3H2,1H3,(H,12,13,14). The van der Waals surface area contributed by atoms with E-state index in [0.29, 0.717) is 0 Å². The lowest BCUT2D eigenvalue weighted by Gasteiger charge is -2.04. The number of nitrogens with zero attached hydrogens (tertiary/aromatic N) is 3. The number of aryl methyl sites for hydroxylation is 1. The van der Waals surface area contributed by atoms with Crippen LogP contribution in [0.25, 0.3) is 0 Å². The predicted octanol–water partition coefficient (Wildman–Crippen LogP) is 2.66. The Hall–Kier alpha value is -1.01. The van der Waals surface area contributed by atoms with Gasteiger partial charge in [0, 0.05) is 30.2 Å². The van der Waals surface area contributed by atoms with Crippen molar-refractivity contribution in [3.63, 3.8) is 0 Å². The van der Waals surface area contributed by atoms with E-state index in [1.165, 1.54) is 6.33 Å². The second kappa shape index (κ2) is 5.36. The van der Waals surface area contributed by atoms with Crippen molar-refractivity contribution in [2.75, 3.05) is 11.9 Å². The lowest BCUT2D eigenvalue weighted by Crippen LogP contribution is -2.06. The van der Waals surface area contributed by atoms with Gasteiger partial charge in [0.15, 0.2) is 0 Å². The molecule has 6 heteroatoms. The molecule has 0 aliphatic carbocycles. The van der Waals surface area contributed by atoms with E-state index in [1.807, 2.05) is 6.92 Å². The first-order valence-electron chi connectivity index (χ1n) is 4.86. The molecule has 0 saturated carbocycles. The molecule has 0 aliphatic heterocycles. The van der Waals surface area contributed by atoms with Gasteiger partial charge < -0.3 is 5.32 Å². The third kappa shape index (κ3) is 2.99. The summed E-state index contributed by atoms with van der Waals surface area (Å²) in [5.74, 6) is 0.822. The molecule has 1 N–H and O–H groups in total. The molecule has 2 aromatic rings. The summed E-state index contributed by atoms with van der Waals surface area (Å²) in [5, 5.41) is 6.45. The van der Waals surface area contributed by atoms with Crippen molar-refractivity contribution < 1.29 is 0 Å². The summed E-state index contributed by atoms with van der Waals surface area (Å²) in [6.07, 6.45) is 4.17. The molecular weight excluding hydrogens is 288 g/mol. The summed E-state index contributed by atoms with van der Waals surface area (Å²) >= 11 is 5.08. The molecule has 0 radical (unpaired) electrons. The van der Waals surface area contributed by atoms with Crippen LogP contribution < -0.4 is 5.32 Å². The third-order valence-electron chi connectivity index (χ3n) is 1.97. The highest BCUT2D eigenvalue weighted by Crippen LogP contribution is 2.17. The summed E-state index contributed by atoms with van der Waals surface area (Å²) in [6, 6.07) is 0. The van der Waals surface area contributed by atoms with Gasteiger partial charge in [-0.3, -0.25) is 0 Å². The van der Waals surface area contributed by atoms with Crippen molar-refractivity contribution in [2.45, 2.75) is 13.3 Å². The molecule has 0 aromatic carbocycles. The predicted molar refractivity (Wildman–Crippen MR) is 68.8 cm³/mol. The van der Waals surface area contributed by atoms with Crippen LogP contribution in [0.15, 0.2) is 22.4 Å². The Morgan fingerprint density at radius 3 is 3.06 bits per heavy atom. The van der Waals surface area contributed by atoms with Crippen molar-refractivity contribution in [3.8, 4) is 0 Å². The molecule has 4 nitrogen and oxygen atoms in total. The van der Waals surface area contributed by atoms with Gasteiger partial charge in [0.1, 0.15) is 12.1 Å². The lowest BCUT2D eigenvalue weighted by atomic mass is 10.4. The van der Waals surface area contributed by atoms with Crippen LogP contribution in [-0.4, -0.2) is 21.5 Å². The third-order valence-corrected chi connectivity index (χ3v) is 3.57. The van der Waals surface area contributed by atoms with Crippen LogP contribution >= 0.6 is 27.3 Å². The SMILES string of the molecule is Cc1csc(CCNc2ncncc2Br)n1. The highest BCUT2D eigenvalue weighted by molar-refractivity contribution is 9.10. The van der Waals surface area contributed by atoms with Crippen molar-refractivity contribution in [1.29, 1.82) is 0 Å². The Morgan fingerprint density at radius 1 is 1.50 bits per heavy atom. The zero-order chi connectivity index (χ0) is 11.4. The Bertz CT molecular complexity index is 471. The van der Waals surface area contributed by atoms with Gasteiger partial charge in [-0.15, -0.1) is 11.3 Å². The Morgan fingerprint density at radius 2 is 2.38 bits per heavy atom. The number of nitrogens with one attached hydrogen (secondary N) is 1. The van der Waals surface area contributed by atoms with E-state index in [9.17, 15) is 0 Å². The number of halogens is 1. The van der Waals surface area contributed by atoms with Crippen LogP contribution in [0, 0.1) is 6.92 Å². The van der Waals surface area contributed by atoms with E-state index < -0.39 is 0 Å². The molecule has 84 valence electrons. The summed E-state index contributed by atoms with van der Waals surface area (Å²) < 4.78 is 0.880. The fourth-order valence-electron chi connectivity index (χ4n) is 1.25. The molecule has 2 aromatic heterocycles. The van der Waals surface area contributed by atoms with Gasteiger partial charge in [0.2, 0.25) is 0 Å². The maximum atomic E-state index is 4.40. The largest absolute Gasteiger partial charge is 0.369 e. The van der Waals surface area contributed by atoms with Crippen molar-refractivity contribution >= 4 is 33.1 Å². The maximum absolute atomic E-state index is 4.40. The fraction of sp³-hybridized carbons (Fsp3) is 0.300. The summed E-state index contributed by atoms with van der Waals surface area (Å²) in [5.41, 5.74) is 1.09. The number of hydrogen-bond acceptors (Lipinski definition) is 5. The minimum absolute atomic E-state index is 0.822. The Kier molecular flexibility index (Phi) is 3.84. The quantitative estimate of drug-likeness (QED) is 0.943. The highest BCUT2D eigenvalue weighted by atomic mass is 79.9. The van der Waals surface area contributed by atoms with Gasteiger partial charge in [-0.25, -0.2) is 15.0 Å². The number of rotatable bonds is 4. The van der Waals surface area contributed by atoms with Gasteiger partial charge >= 0.3 is 0 Å². The average molecular weight is 299 g/mol. The van der Waals surface area contributed by atoms with E-state index in [-0.39, 0.29) is 0 Å². The molecule has 2 rings (SSSR count). The Balaban J connectivity index is 1.87. The molecule has 0 amide bonds. The van der Waals surface area contributed by atoms with Gasteiger partial charge in [0.25, 0.3) is 0 Å². The molecule has 2 heterocycles. The second-order valence-corrected chi connectivity index (χ2v) is 5.08. The summed E-state index contributed by atoms with van der Waals surface area (Å²) in [6.45, 7) is 2.83. The van der Waals surface area contributed by atoms with Crippen LogP contribution in [0.2, 0.25) is 0 Å². The average Bonchev–Trinajstić information content (AvgIpc) is 2.67. The van der Waals surface area contributed by atoms with Gasteiger partial charge in [-0.2, -0.15) is 0 Å². The van der Waals surface area contributed by atoms with Crippen LogP contribution in [0.1, 0.15) is 10.7 Å². The second-order valence-electron chi connectivity index (χ2n) is 3.28. The van der Waals surface area contributed by atoms with Crippen LogP contribution in [0.3, 0.4) is 0 Å². The normalized spacial score (nSPS) is 10.4. The van der Waals surface area contributed by atoms with Crippen LogP contribution in [0.5, 0.6) is 0 Å². The minimum Gasteiger partial charge on any atom is -0.369 e. The van der Waals surface area contributed by atoms with Crippen molar-refractivity contribution in [2.24, 2.45) is 0 Å². The molecular formula is C10H11BrN4S. The molecule has 0 aliphatic rings. The first-order valence-corrected chi connectivity index (χ1v) is 6.53. The molecule has 0 spiro atoms. The molecule has 0 unspecified atom stereocenters. The molecule has 0 saturated heterocycles. The van der Waals surface area contributed by atoms with Crippen LogP contribution in [-0.2, 0) is 6.42 Å². The first-order chi connectivity index (χ1) is 7.75. The number of thiazole rings is 1. The smallest absolute Gasteiger partial charge is 0.143 e. The van der Waals surface area contributed by atoms with E-state index in [4.69, 9.17) is 0 Å². The van der Waals surface area contributed by atoms with E-state index in [1.54, 1.807) is 17.5 Å². The van der Waals surface area contributed by atoms with Gasteiger partial charge in [-0.1, -0.05) is 0 Å². The topological polar surface area (TPSA) is 50.7 Å². The van der Waals surface area contributed by atoms with Gasteiger partial charge in [-0.05, 0) is 22.9 Å². The number of hydrogen-bond donors (Lipinski definition) is 1. The fourth-order valence-corrected chi connectivity index (χ4v) is 2.38. The minimum atomic E-state index is 0.822. The number of anilines is 1. The summed E-state index contributed by atoms with van der Waals surface area (Å²) in [4.78, 5) is 12.4. The lowest BCUT2D eigenvalue weighted by molar-refractivity contribution is 0.971. The monoisotopic (exact) mass is 298 g/mol. The molecule has 16 heavy (non-hydrogen) atoms. The zero-order valence-corrected chi connectivity index (χ0v) is 11.2. The molecule has 0 bridgehead atoms. The highest BCUT2D eigenvalue weighted by Gasteiger charge is 2.01. The first kappa shape index (κ1) is 11.5. The van der Waals surface area contributed by atoms with E-state index in [2.05, 4.69) is 41.6 Å². The van der Waals surface area contributed by atoms with Crippen molar-refractivity contribution in [1.82, 2.24) is 15.0 Å². The maximum Gasteiger partial charge on any atom is 0.143 e. The van der Waals surface area contributed by atoms with E-state index in [0.717, 1.165) is 34.0 Å². The van der Waals surface area contributed by atoms with Crippen LogP contribution in [0.4, 0.5) is 5.82 Å². The Labute approximate surface area is 106 Å².